The van der Waals surface area contributed by atoms with Crippen LogP contribution >= 0.6 is 23.4 Å². The van der Waals surface area contributed by atoms with E-state index >= 15 is 0 Å². The lowest BCUT2D eigenvalue weighted by Crippen LogP contribution is -2.23. The van der Waals surface area contributed by atoms with E-state index < -0.39 is 5.97 Å². The first-order valence-electron chi connectivity index (χ1n) is 7.81. The van der Waals surface area contributed by atoms with Crippen LogP contribution in [0.3, 0.4) is 0 Å². The van der Waals surface area contributed by atoms with E-state index in [4.69, 9.17) is 25.5 Å². The lowest BCUT2D eigenvalue weighted by Gasteiger charge is -2.16. The van der Waals surface area contributed by atoms with E-state index in [0.29, 0.717) is 34.4 Å². The number of aliphatic carboxylic acids is 1. The molecule has 7 nitrogen and oxygen atoms in total. The normalized spacial score (nSPS) is 11.7. The number of carbonyl (C=O) groups excluding carboxylic acids is 1. The molecule has 140 valence electrons. The Hall–Kier alpha value is -2.19. The van der Waals surface area contributed by atoms with Crippen molar-refractivity contribution >= 4 is 35.4 Å². The van der Waals surface area contributed by atoms with Gasteiger partial charge in [0.25, 0.3) is 5.22 Å². The second-order valence-electron chi connectivity index (χ2n) is 5.41. The first-order chi connectivity index (χ1) is 12.3. The van der Waals surface area contributed by atoms with Crippen LogP contribution in [-0.2, 0) is 11.2 Å². The molecule has 26 heavy (non-hydrogen) atoms. The van der Waals surface area contributed by atoms with Crippen molar-refractivity contribution in [3.8, 4) is 11.5 Å². The molecule has 0 aliphatic heterocycles. The summed E-state index contributed by atoms with van der Waals surface area (Å²) < 4.78 is 16.3. The molecule has 0 saturated heterocycles. The zero-order valence-corrected chi connectivity index (χ0v) is 16.3. The molecule has 0 aliphatic rings. The summed E-state index contributed by atoms with van der Waals surface area (Å²) in [7, 11) is 1.48. The van der Waals surface area contributed by atoms with Gasteiger partial charge in [-0.15, -0.1) is 10.2 Å². The van der Waals surface area contributed by atoms with Crippen molar-refractivity contribution in [2.24, 2.45) is 0 Å². The number of rotatable bonds is 8. The molecule has 0 saturated carbocycles. The summed E-state index contributed by atoms with van der Waals surface area (Å²) in [4.78, 5) is 11.4. The number of aromatic nitrogens is 2. The quantitative estimate of drug-likeness (QED) is 0.495. The number of carboxylic acid groups (broad SMARTS) is 1. The average Bonchev–Trinajstić information content (AvgIpc) is 3.03. The number of thioether (sulfide) groups is 1. The van der Waals surface area contributed by atoms with E-state index in [-0.39, 0.29) is 16.2 Å². The van der Waals surface area contributed by atoms with Crippen LogP contribution in [0.5, 0.6) is 11.5 Å². The third-order valence-electron chi connectivity index (χ3n) is 3.05. The highest BCUT2D eigenvalue weighted by molar-refractivity contribution is 8.03. The number of hydrogen-bond donors (Lipinski definition) is 0. The SMILES string of the molecule is CCc1nnc(S/C(=C/c2cc(Cl)c(OC(C)C)c(OC)c2)C(=O)[O-])o1. The molecule has 9 heteroatoms. The van der Waals surface area contributed by atoms with Gasteiger partial charge in [0, 0.05) is 11.3 Å². The minimum absolute atomic E-state index is 0.0950. The fourth-order valence-electron chi connectivity index (χ4n) is 1.97. The van der Waals surface area contributed by atoms with Crippen LogP contribution in [0.4, 0.5) is 0 Å². The molecular formula is C17H18ClN2O5S-. The van der Waals surface area contributed by atoms with Gasteiger partial charge in [0.15, 0.2) is 11.5 Å². The molecule has 0 radical (unpaired) electrons. The van der Waals surface area contributed by atoms with Gasteiger partial charge in [-0.05, 0) is 49.4 Å². The molecule has 2 rings (SSSR count). The largest absolute Gasteiger partial charge is 0.544 e. The van der Waals surface area contributed by atoms with Gasteiger partial charge in [0.1, 0.15) is 0 Å². The number of aryl methyl sites for hydroxylation is 1. The van der Waals surface area contributed by atoms with E-state index in [1.807, 2.05) is 20.8 Å². The number of carboxylic acids is 1. The predicted octanol–water partition coefficient (Wildman–Crippen LogP) is 2.96. The van der Waals surface area contributed by atoms with Crippen molar-refractivity contribution in [3.63, 3.8) is 0 Å². The Morgan fingerprint density at radius 1 is 1.42 bits per heavy atom. The molecule has 0 atom stereocenters. The molecule has 0 amide bonds. The summed E-state index contributed by atoms with van der Waals surface area (Å²) in [5, 5.41) is 19.5. The Balaban J connectivity index is 2.36. The van der Waals surface area contributed by atoms with Crippen molar-refractivity contribution in [1.82, 2.24) is 10.2 Å². The van der Waals surface area contributed by atoms with Gasteiger partial charge >= 0.3 is 0 Å². The van der Waals surface area contributed by atoms with Crippen molar-refractivity contribution in [2.45, 2.75) is 38.5 Å². The Morgan fingerprint density at radius 3 is 2.69 bits per heavy atom. The van der Waals surface area contributed by atoms with Crippen LogP contribution in [-0.4, -0.2) is 29.4 Å². The molecule has 0 N–H and O–H groups in total. The first-order valence-corrected chi connectivity index (χ1v) is 9.01. The number of nitrogens with zero attached hydrogens (tertiary/aromatic N) is 2. The zero-order valence-electron chi connectivity index (χ0n) is 14.7. The minimum Gasteiger partial charge on any atom is -0.544 e. The third-order valence-corrected chi connectivity index (χ3v) is 4.18. The van der Waals surface area contributed by atoms with E-state index in [1.54, 1.807) is 12.1 Å². The van der Waals surface area contributed by atoms with Crippen molar-refractivity contribution in [3.05, 3.63) is 33.5 Å². The fraction of sp³-hybridized carbons (Fsp3) is 0.353. The highest BCUT2D eigenvalue weighted by atomic mass is 35.5. The van der Waals surface area contributed by atoms with E-state index in [2.05, 4.69) is 10.2 Å². The Kier molecular flexibility index (Phi) is 6.93. The summed E-state index contributed by atoms with van der Waals surface area (Å²) in [5.41, 5.74) is 0.505. The maximum absolute atomic E-state index is 11.5. The number of hydrogen-bond acceptors (Lipinski definition) is 8. The maximum Gasteiger partial charge on any atom is 0.281 e. The Morgan fingerprint density at radius 2 is 2.15 bits per heavy atom. The van der Waals surface area contributed by atoms with Gasteiger partial charge in [0.05, 0.1) is 24.2 Å². The molecule has 1 aromatic carbocycles. The smallest absolute Gasteiger partial charge is 0.281 e. The second kappa shape index (κ2) is 8.95. The number of benzene rings is 1. The fourth-order valence-corrected chi connectivity index (χ4v) is 2.92. The molecular weight excluding hydrogens is 380 g/mol. The van der Waals surface area contributed by atoms with Gasteiger partial charge in [-0.2, -0.15) is 0 Å². The molecule has 0 fully saturated rings. The standard InChI is InChI=1S/C17H19ClN2O5S/c1-5-14-19-20-17(25-14)26-13(16(21)22)8-10-6-11(18)15(24-9(2)3)12(7-10)23-4/h6-9H,5H2,1-4H3,(H,21,22)/p-1/b13-8+. The van der Waals surface area contributed by atoms with Crippen LogP contribution in [0.15, 0.2) is 26.7 Å². The van der Waals surface area contributed by atoms with Crippen molar-refractivity contribution < 1.29 is 23.8 Å². The van der Waals surface area contributed by atoms with Crippen molar-refractivity contribution in [1.29, 1.82) is 0 Å². The van der Waals surface area contributed by atoms with Gasteiger partial charge < -0.3 is 23.8 Å². The van der Waals surface area contributed by atoms with E-state index in [1.165, 1.54) is 13.2 Å². The molecule has 1 heterocycles. The number of ether oxygens (including phenoxy) is 2. The molecule has 2 aromatic rings. The topological polar surface area (TPSA) is 97.5 Å². The summed E-state index contributed by atoms with van der Waals surface area (Å²) in [6.07, 6.45) is 1.85. The van der Waals surface area contributed by atoms with Gasteiger partial charge in [0.2, 0.25) is 5.89 Å². The van der Waals surface area contributed by atoms with Crippen LogP contribution in [0, 0.1) is 0 Å². The minimum atomic E-state index is -1.37. The maximum atomic E-state index is 11.5. The van der Waals surface area contributed by atoms with E-state index in [0.717, 1.165) is 11.8 Å². The van der Waals surface area contributed by atoms with Crippen LogP contribution in [0.25, 0.3) is 6.08 Å². The lowest BCUT2D eigenvalue weighted by atomic mass is 10.2. The molecule has 1 aromatic heterocycles. The highest BCUT2D eigenvalue weighted by Gasteiger charge is 2.15. The predicted molar refractivity (Wildman–Crippen MR) is 96.3 cm³/mol. The third kappa shape index (κ3) is 5.15. The van der Waals surface area contributed by atoms with E-state index in [9.17, 15) is 9.90 Å². The molecule has 0 spiro atoms. The highest BCUT2D eigenvalue weighted by Crippen LogP contribution is 2.38. The zero-order chi connectivity index (χ0) is 19.3. The van der Waals surface area contributed by atoms with Gasteiger partial charge in [-0.1, -0.05) is 18.5 Å². The molecule has 0 bridgehead atoms. The summed E-state index contributed by atoms with van der Waals surface area (Å²) in [6.45, 7) is 5.58. The number of methoxy groups -OCH3 is 1. The molecule has 0 aliphatic carbocycles. The summed E-state index contributed by atoms with van der Waals surface area (Å²) >= 11 is 7.06. The van der Waals surface area contributed by atoms with Crippen LogP contribution in [0.2, 0.25) is 5.02 Å². The average molecular weight is 398 g/mol. The lowest BCUT2D eigenvalue weighted by molar-refractivity contribution is -0.298. The first kappa shape index (κ1) is 20.1. The summed E-state index contributed by atoms with van der Waals surface area (Å²) in [5.74, 6) is -0.159. The summed E-state index contributed by atoms with van der Waals surface area (Å²) in [6, 6.07) is 3.20. The monoisotopic (exact) mass is 397 g/mol. The number of carbonyl (C=O) groups is 1. The molecule has 0 unspecified atom stereocenters. The Bertz CT molecular complexity index is 819. The van der Waals surface area contributed by atoms with Gasteiger partial charge in [-0.25, -0.2) is 0 Å². The van der Waals surface area contributed by atoms with Crippen LogP contribution in [0.1, 0.15) is 32.2 Å². The van der Waals surface area contributed by atoms with Gasteiger partial charge in [-0.3, -0.25) is 0 Å². The Labute approximate surface area is 160 Å². The van der Waals surface area contributed by atoms with Crippen LogP contribution < -0.4 is 14.6 Å². The second-order valence-corrected chi connectivity index (χ2v) is 6.81. The number of halogens is 1. The van der Waals surface area contributed by atoms with Crippen molar-refractivity contribution in [2.75, 3.05) is 7.11 Å².